The van der Waals surface area contributed by atoms with Gasteiger partial charge in [-0.2, -0.15) is 0 Å². The van der Waals surface area contributed by atoms with Crippen LogP contribution in [0.3, 0.4) is 0 Å². The normalized spacial score (nSPS) is 24.4. The minimum atomic E-state index is -1.30. The molecule has 1 saturated carbocycles. The van der Waals surface area contributed by atoms with Gasteiger partial charge < -0.3 is 10.6 Å². The van der Waals surface area contributed by atoms with Gasteiger partial charge in [0.25, 0.3) is 0 Å². The predicted molar refractivity (Wildman–Crippen MR) is 249 cm³/mol. The van der Waals surface area contributed by atoms with Crippen LogP contribution in [0.2, 0.25) is 10.0 Å². The quantitative estimate of drug-likeness (QED) is 0.110. The molecule has 5 aromatic rings. The summed E-state index contributed by atoms with van der Waals surface area (Å²) in [4.78, 5) is 69.3. The van der Waals surface area contributed by atoms with Crippen LogP contribution in [0.4, 0.5) is 15.8 Å². The van der Waals surface area contributed by atoms with Crippen LogP contribution in [0.5, 0.6) is 0 Å². The predicted octanol–water partition coefficient (Wildman–Crippen LogP) is 7.90. The number of carbonyl (C=O) groups is 4. The summed E-state index contributed by atoms with van der Waals surface area (Å²) in [7, 11) is 1.72. The number of anilines is 2. The van der Waals surface area contributed by atoms with E-state index >= 15 is 4.39 Å². The Morgan fingerprint density at radius 3 is 2.37 bits per heavy atom. The first kappa shape index (κ1) is 43.5. The largest absolute Gasteiger partial charge is 0.329 e. The highest BCUT2D eigenvalue weighted by atomic mass is 35.5. The van der Waals surface area contributed by atoms with Crippen LogP contribution in [0.25, 0.3) is 11.0 Å². The van der Waals surface area contributed by atoms with E-state index in [9.17, 15) is 24.0 Å². The molecule has 1 aromatic heterocycles. The topological polar surface area (TPSA) is 147 Å². The van der Waals surface area contributed by atoms with E-state index in [1.807, 2.05) is 42.5 Å². The minimum absolute atomic E-state index is 0.0680. The number of nitrogens with zero attached hydrogens (tertiary/aromatic N) is 3. The fourth-order valence-electron chi connectivity index (χ4n) is 12.0. The van der Waals surface area contributed by atoms with Crippen LogP contribution in [0, 0.1) is 11.7 Å². The van der Waals surface area contributed by atoms with E-state index in [2.05, 4.69) is 32.2 Å². The molecule has 10 rings (SSSR count). The molecular weight excluding hydrogens is 868 g/mol. The highest BCUT2D eigenvalue weighted by Crippen LogP contribution is 2.63. The molecule has 5 aliphatic rings. The van der Waals surface area contributed by atoms with E-state index < -0.39 is 40.7 Å². The maximum absolute atomic E-state index is 16.3. The Labute approximate surface area is 386 Å². The number of carbonyl (C=O) groups excluding carboxylic acids is 4. The Bertz CT molecular complexity index is 2790. The third kappa shape index (κ3) is 7.48. The first-order valence-electron chi connectivity index (χ1n) is 22.9. The Hall–Kier alpha value is -5.34. The van der Waals surface area contributed by atoms with Crippen LogP contribution >= 0.6 is 23.2 Å². The van der Waals surface area contributed by atoms with Gasteiger partial charge in [0.1, 0.15) is 17.3 Å². The van der Waals surface area contributed by atoms with Gasteiger partial charge in [0.15, 0.2) is 0 Å². The Morgan fingerprint density at radius 1 is 0.862 bits per heavy atom. The number of hydrogen-bond donors (Lipinski definition) is 4. The van der Waals surface area contributed by atoms with Crippen molar-refractivity contribution < 1.29 is 23.6 Å². The number of hydrogen-bond acceptors (Lipinski definition) is 7. The Balaban J connectivity index is 0.797. The molecule has 1 aliphatic carbocycles. The monoisotopic (exact) mass is 919 g/mol. The standard InChI is InChI=1S/C50H52Cl2FN7O5/c1-58-40-26-30(12-17-38(40)60(48(58)65)39-18-19-41(61)56-45(39)62)9-8-29-20-24-59(25-21-29)28-31-10-14-33(15-11-31)54-46(63)44-42(34-6-5-7-36(52)43(34)53)50(49(57-44)22-3-2-4-23-49)35-16-13-32(51)27-37(35)55-47(50)64/h5-7,10-17,26-27,29,39,42,44,57H,2-4,8-9,18-25,28H2,1H3,(H,54,63)(H,55,64)(H,56,61,62)/t39?,42-,44+,50+/m0/s1. The second-order valence-electron chi connectivity index (χ2n) is 18.8. The second-order valence-corrected chi connectivity index (χ2v) is 19.6. The fraction of sp³-hybridized carbons (Fsp3) is 0.420. The summed E-state index contributed by atoms with van der Waals surface area (Å²) in [5, 5.41) is 12.7. The number of piperidine rings is 2. The molecule has 0 bridgehead atoms. The van der Waals surface area contributed by atoms with Gasteiger partial charge in [0.05, 0.1) is 22.1 Å². The minimum Gasteiger partial charge on any atom is -0.325 e. The molecule has 4 aromatic carbocycles. The van der Waals surface area contributed by atoms with Gasteiger partial charge in [0, 0.05) is 47.9 Å². The SMILES string of the molecule is Cn1c(=O)n(C2CCC(=O)NC2=O)c2ccc(CCC3CCN(Cc4ccc(NC(=O)[C@@H]5NC6(CCCCC6)[C@@]6(C(=O)Nc7cc(Cl)ccc76)[C@H]5c5cccc(Cl)c5F)cc4)CC3)cc21. The summed E-state index contributed by atoms with van der Waals surface area (Å²) >= 11 is 12.8. The van der Waals surface area contributed by atoms with E-state index in [1.165, 1.54) is 10.6 Å². The van der Waals surface area contributed by atoms with Crippen LogP contribution in [-0.2, 0) is 44.6 Å². The smallest absolute Gasteiger partial charge is 0.325 e. The summed E-state index contributed by atoms with van der Waals surface area (Å²) in [6.07, 6.45) is 8.57. The van der Waals surface area contributed by atoms with Crippen LogP contribution in [0.1, 0.15) is 98.4 Å². The average molecular weight is 921 g/mol. The van der Waals surface area contributed by atoms with Gasteiger partial charge in [-0.1, -0.05) is 78.9 Å². The number of rotatable bonds is 9. The molecule has 1 unspecified atom stereocenters. The zero-order valence-corrected chi connectivity index (χ0v) is 37.7. The molecule has 15 heteroatoms. The van der Waals surface area contributed by atoms with Gasteiger partial charge in [-0.3, -0.25) is 43.8 Å². The summed E-state index contributed by atoms with van der Waals surface area (Å²) in [5.41, 5.74) is 3.47. The number of imidazole rings is 1. The molecule has 338 valence electrons. The Morgan fingerprint density at radius 2 is 1.62 bits per heavy atom. The fourth-order valence-corrected chi connectivity index (χ4v) is 12.3. The maximum Gasteiger partial charge on any atom is 0.329 e. The third-order valence-electron chi connectivity index (χ3n) is 15.2. The van der Waals surface area contributed by atoms with Crippen molar-refractivity contribution in [3.8, 4) is 0 Å². The zero-order valence-electron chi connectivity index (χ0n) is 36.2. The molecule has 5 heterocycles. The molecule has 4 aliphatic heterocycles. The van der Waals surface area contributed by atoms with E-state index in [1.54, 1.807) is 35.9 Å². The highest BCUT2D eigenvalue weighted by Gasteiger charge is 2.72. The molecule has 4 atom stereocenters. The lowest BCUT2D eigenvalue weighted by molar-refractivity contribution is -0.135. The first-order chi connectivity index (χ1) is 31.4. The number of fused-ring (bicyclic) bond motifs is 4. The van der Waals surface area contributed by atoms with Crippen molar-refractivity contribution in [2.45, 2.75) is 106 Å². The van der Waals surface area contributed by atoms with Crippen molar-refractivity contribution in [3.05, 3.63) is 127 Å². The lowest BCUT2D eigenvalue weighted by Gasteiger charge is -2.47. The number of halogens is 3. The van der Waals surface area contributed by atoms with Crippen molar-refractivity contribution in [2.75, 3.05) is 23.7 Å². The van der Waals surface area contributed by atoms with Crippen molar-refractivity contribution in [2.24, 2.45) is 13.0 Å². The van der Waals surface area contributed by atoms with Crippen molar-refractivity contribution in [1.29, 1.82) is 0 Å². The van der Waals surface area contributed by atoms with Crippen molar-refractivity contribution in [3.63, 3.8) is 0 Å². The first-order valence-corrected chi connectivity index (χ1v) is 23.6. The van der Waals surface area contributed by atoms with E-state index in [4.69, 9.17) is 23.2 Å². The van der Waals surface area contributed by atoms with Crippen molar-refractivity contribution >= 4 is 69.2 Å². The number of aryl methyl sites for hydroxylation is 2. The van der Waals surface area contributed by atoms with Gasteiger partial charge in [0.2, 0.25) is 23.6 Å². The Kier molecular flexibility index (Phi) is 11.5. The maximum atomic E-state index is 16.3. The van der Waals surface area contributed by atoms with Gasteiger partial charge in [-0.15, -0.1) is 0 Å². The van der Waals surface area contributed by atoms with Crippen LogP contribution < -0.4 is 27.0 Å². The molecule has 2 spiro atoms. The number of likely N-dealkylation sites (tertiary alicyclic amines) is 1. The van der Waals surface area contributed by atoms with Gasteiger partial charge in [-0.25, -0.2) is 9.18 Å². The lowest BCUT2D eigenvalue weighted by atomic mass is 9.55. The highest BCUT2D eigenvalue weighted by molar-refractivity contribution is 6.31. The molecule has 12 nitrogen and oxygen atoms in total. The summed E-state index contributed by atoms with van der Waals surface area (Å²) in [6, 6.07) is 22.4. The van der Waals surface area contributed by atoms with Crippen LogP contribution in [-0.4, -0.2) is 62.3 Å². The number of amides is 4. The van der Waals surface area contributed by atoms with Gasteiger partial charge >= 0.3 is 5.69 Å². The zero-order chi connectivity index (χ0) is 45.2. The average Bonchev–Trinajstić information content (AvgIpc) is 3.85. The van der Waals surface area contributed by atoms with Crippen molar-refractivity contribution in [1.82, 2.24) is 24.7 Å². The van der Waals surface area contributed by atoms with E-state index in [-0.39, 0.29) is 40.4 Å². The number of imide groups is 1. The molecule has 3 saturated heterocycles. The molecule has 4 fully saturated rings. The number of aromatic nitrogens is 2. The summed E-state index contributed by atoms with van der Waals surface area (Å²) in [6.45, 7) is 2.71. The third-order valence-corrected chi connectivity index (χ3v) is 15.7. The van der Waals surface area contributed by atoms with E-state index in [0.29, 0.717) is 52.7 Å². The number of nitrogens with one attached hydrogen (secondary N) is 4. The number of benzene rings is 4. The second kappa shape index (κ2) is 17.1. The summed E-state index contributed by atoms with van der Waals surface area (Å²) < 4.78 is 19.4. The molecular formula is C50H52Cl2FN7O5. The molecule has 65 heavy (non-hydrogen) atoms. The van der Waals surface area contributed by atoms with Gasteiger partial charge in [-0.05, 0) is 129 Å². The summed E-state index contributed by atoms with van der Waals surface area (Å²) in [5.74, 6) is -2.35. The van der Waals surface area contributed by atoms with Crippen LogP contribution in [0.15, 0.2) is 83.7 Å². The lowest BCUT2D eigenvalue weighted by Crippen LogP contribution is -2.60. The molecule has 4 N–H and O–H groups in total. The molecule has 0 radical (unpaired) electrons. The van der Waals surface area contributed by atoms with E-state index in [0.717, 1.165) is 81.2 Å². The molecule has 4 amide bonds.